The summed E-state index contributed by atoms with van der Waals surface area (Å²) in [5.74, 6) is 1.91. The third-order valence-corrected chi connectivity index (χ3v) is 6.44. The second-order valence-corrected chi connectivity index (χ2v) is 7.81. The Labute approximate surface area is 148 Å². The Hall–Kier alpha value is -2.01. The number of para-hydroxylation sites is 2. The molecule has 2 aliphatic carbocycles. The predicted octanol–water partition coefficient (Wildman–Crippen LogP) is 2.58. The first-order valence-corrected chi connectivity index (χ1v) is 9.53. The molecule has 1 aliphatic heterocycles. The summed E-state index contributed by atoms with van der Waals surface area (Å²) in [6.07, 6.45) is 7.31. The molecule has 0 unspecified atom stereocenters. The number of carbonyl (C=O) groups is 1. The van der Waals surface area contributed by atoms with E-state index in [0.717, 1.165) is 55.1 Å². The predicted molar refractivity (Wildman–Crippen MR) is 96.3 cm³/mol. The van der Waals surface area contributed by atoms with E-state index in [4.69, 9.17) is 0 Å². The molecule has 3 aliphatic rings. The number of fused-ring (bicyclic) bond motifs is 3. The van der Waals surface area contributed by atoms with Crippen molar-refractivity contribution >= 4 is 16.9 Å². The fourth-order valence-corrected chi connectivity index (χ4v) is 5.14. The van der Waals surface area contributed by atoms with Crippen LogP contribution in [0.1, 0.15) is 36.2 Å². The summed E-state index contributed by atoms with van der Waals surface area (Å²) < 4.78 is 0. The van der Waals surface area contributed by atoms with Gasteiger partial charge in [0, 0.05) is 32.2 Å². The molecule has 0 spiro atoms. The van der Waals surface area contributed by atoms with E-state index in [-0.39, 0.29) is 5.91 Å². The van der Waals surface area contributed by atoms with Crippen molar-refractivity contribution in [1.82, 2.24) is 19.8 Å². The lowest BCUT2D eigenvalue weighted by Crippen LogP contribution is -2.53. The van der Waals surface area contributed by atoms with E-state index in [1.54, 1.807) is 6.20 Å². The molecule has 1 saturated heterocycles. The molecule has 1 amide bonds. The fourth-order valence-electron chi connectivity index (χ4n) is 5.14. The van der Waals surface area contributed by atoms with Crippen LogP contribution in [-0.4, -0.2) is 57.9 Å². The van der Waals surface area contributed by atoms with E-state index < -0.39 is 0 Å². The highest BCUT2D eigenvalue weighted by Crippen LogP contribution is 2.46. The summed E-state index contributed by atoms with van der Waals surface area (Å²) >= 11 is 0. The zero-order chi connectivity index (χ0) is 16.8. The number of benzene rings is 1. The largest absolute Gasteiger partial charge is 0.335 e. The van der Waals surface area contributed by atoms with Crippen molar-refractivity contribution in [2.75, 3.05) is 26.2 Å². The van der Waals surface area contributed by atoms with E-state index in [1.807, 2.05) is 29.2 Å². The van der Waals surface area contributed by atoms with Gasteiger partial charge in [-0.3, -0.25) is 14.7 Å². The molecule has 3 atom stereocenters. The summed E-state index contributed by atoms with van der Waals surface area (Å²) in [5.41, 5.74) is 2.08. The number of nitrogens with zero attached hydrogens (tertiary/aromatic N) is 4. The second kappa shape index (κ2) is 6.06. The third kappa shape index (κ3) is 2.71. The molecule has 0 radical (unpaired) electrons. The van der Waals surface area contributed by atoms with Crippen LogP contribution in [0, 0.1) is 11.8 Å². The van der Waals surface area contributed by atoms with Gasteiger partial charge in [0.15, 0.2) is 0 Å². The molecule has 2 heterocycles. The number of rotatable bonds is 2. The van der Waals surface area contributed by atoms with E-state index in [0.29, 0.717) is 5.69 Å². The van der Waals surface area contributed by atoms with Crippen LogP contribution in [0.2, 0.25) is 0 Å². The van der Waals surface area contributed by atoms with Crippen LogP contribution < -0.4 is 0 Å². The van der Waals surface area contributed by atoms with Crippen LogP contribution in [0.15, 0.2) is 30.5 Å². The summed E-state index contributed by atoms with van der Waals surface area (Å²) in [6.45, 7) is 3.61. The first-order chi connectivity index (χ1) is 12.3. The van der Waals surface area contributed by atoms with Crippen LogP contribution >= 0.6 is 0 Å². The highest BCUT2D eigenvalue weighted by molar-refractivity contribution is 5.93. The van der Waals surface area contributed by atoms with Gasteiger partial charge in [0.25, 0.3) is 5.91 Å². The lowest BCUT2D eigenvalue weighted by Gasteiger charge is -2.40. The molecular weight excluding hydrogens is 312 g/mol. The Kier molecular flexibility index (Phi) is 3.70. The van der Waals surface area contributed by atoms with Gasteiger partial charge < -0.3 is 4.90 Å². The van der Waals surface area contributed by atoms with Gasteiger partial charge >= 0.3 is 0 Å². The highest BCUT2D eigenvalue weighted by Gasteiger charge is 2.43. The second-order valence-electron chi connectivity index (χ2n) is 7.81. The summed E-state index contributed by atoms with van der Waals surface area (Å²) in [5, 5.41) is 0. The average Bonchev–Trinajstić information content (AvgIpc) is 3.31. The van der Waals surface area contributed by atoms with Crippen molar-refractivity contribution < 1.29 is 4.79 Å². The maximum Gasteiger partial charge on any atom is 0.274 e. The Balaban J connectivity index is 1.26. The average molecular weight is 336 g/mol. The van der Waals surface area contributed by atoms with Crippen LogP contribution in [0.3, 0.4) is 0 Å². The normalized spacial score (nSPS) is 29.4. The minimum absolute atomic E-state index is 0.0193. The maximum absolute atomic E-state index is 12.8. The van der Waals surface area contributed by atoms with Crippen LogP contribution in [-0.2, 0) is 0 Å². The van der Waals surface area contributed by atoms with Gasteiger partial charge in [-0.15, -0.1) is 0 Å². The van der Waals surface area contributed by atoms with Crippen LogP contribution in [0.5, 0.6) is 0 Å². The monoisotopic (exact) mass is 336 g/mol. The molecular formula is C20H24N4O. The van der Waals surface area contributed by atoms with Crippen LogP contribution in [0.4, 0.5) is 0 Å². The van der Waals surface area contributed by atoms with Gasteiger partial charge in [-0.05, 0) is 43.2 Å². The van der Waals surface area contributed by atoms with Crippen molar-refractivity contribution in [3.63, 3.8) is 0 Å². The molecule has 5 heteroatoms. The molecule has 3 fully saturated rings. The van der Waals surface area contributed by atoms with E-state index in [2.05, 4.69) is 14.9 Å². The standard InChI is InChI=1S/C20H24N4O/c25-20(18-13-21-16-3-1-2-4-17(16)22-18)24-9-7-23(8-10-24)19-12-14-5-6-15(19)11-14/h1-4,13-15,19H,5-12H2/t14-,15-,19-/m1/s1. The van der Waals surface area contributed by atoms with E-state index in [1.165, 1.54) is 25.7 Å². The minimum Gasteiger partial charge on any atom is -0.335 e. The van der Waals surface area contributed by atoms with E-state index >= 15 is 0 Å². The van der Waals surface area contributed by atoms with Crippen molar-refractivity contribution in [3.05, 3.63) is 36.2 Å². The Morgan fingerprint density at radius 1 is 1.00 bits per heavy atom. The molecule has 1 aromatic carbocycles. The quantitative estimate of drug-likeness (QED) is 0.846. The Morgan fingerprint density at radius 2 is 1.80 bits per heavy atom. The Morgan fingerprint density at radius 3 is 2.52 bits per heavy atom. The van der Waals surface area contributed by atoms with Crippen molar-refractivity contribution in [2.45, 2.75) is 31.7 Å². The van der Waals surface area contributed by atoms with Gasteiger partial charge in [0.1, 0.15) is 5.69 Å². The summed E-state index contributed by atoms with van der Waals surface area (Å²) in [7, 11) is 0. The molecule has 2 bridgehead atoms. The number of hydrogen-bond acceptors (Lipinski definition) is 4. The van der Waals surface area contributed by atoms with Crippen LogP contribution in [0.25, 0.3) is 11.0 Å². The maximum atomic E-state index is 12.8. The van der Waals surface area contributed by atoms with Gasteiger partial charge in [-0.1, -0.05) is 18.6 Å². The number of aromatic nitrogens is 2. The first kappa shape index (κ1) is 15.3. The van der Waals surface area contributed by atoms with Gasteiger partial charge in [-0.25, -0.2) is 4.98 Å². The molecule has 130 valence electrons. The molecule has 1 aromatic heterocycles. The number of hydrogen-bond donors (Lipinski definition) is 0. The lowest BCUT2D eigenvalue weighted by atomic mass is 9.93. The molecule has 0 N–H and O–H groups in total. The molecule has 5 nitrogen and oxygen atoms in total. The minimum atomic E-state index is 0.0193. The zero-order valence-electron chi connectivity index (χ0n) is 14.5. The molecule has 2 aromatic rings. The van der Waals surface area contributed by atoms with Gasteiger partial charge in [0.2, 0.25) is 0 Å². The fraction of sp³-hybridized carbons (Fsp3) is 0.550. The lowest BCUT2D eigenvalue weighted by molar-refractivity contribution is 0.0491. The molecule has 5 rings (SSSR count). The SMILES string of the molecule is O=C(c1cnc2ccccc2n1)N1CCN([C@@H]2C[C@@H]3CC[C@@H]2C3)CC1. The smallest absolute Gasteiger partial charge is 0.274 e. The topological polar surface area (TPSA) is 49.3 Å². The van der Waals surface area contributed by atoms with Crippen molar-refractivity contribution in [2.24, 2.45) is 11.8 Å². The molecule has 2 saturated carbocycles. The first-order valence-electron chi connectivity index (χ1n) is 9.53. The molecule has 25 heavy (non-hydrogen) atoms. The summed E-state index contributed by atoms with van der Waals surface area (Å²) in [6, 6.07) is 8.47. The zero-order valence-corrected chi connectivity index (χ0v) is 14.5. The third-order valence-electron chi connectivity index (χ3n) is 6.44. The Bertz CT molecular complexity index is 799. The number of amides is 1. The van der Waals surface area contributed by atoms with Crippen molar-refractivity contribution in [1.29, 1.82) is 0 Å². The summed E-state index contributed by atoms with van der Waals surface area (Å²) in [4.78, 5) is 26.3. The number of carbonyl (C=O) groups excluding carboxylic acids is 1. The van der Waals surface area contributed by atoms with E-state index in [9.17, 15) is 4.79 Å². The highest BCUT2D eigenvalue weighted by atomic mass is 16.2. The van der Waals surface area contributed by atoms with Gasteiger partial charge in [-0.2, -0.15) is 0 Å². The van der Waals surface area contributed by atoms with Crippen molar-refractivity contribution in [3.8, 4) is 0 Å². The number of piperazine rings is 1. The van der Waals surface area contributed by atoms with Gasteiger partial charge in [0.05, 0.1) is 17.2 Å².